The third-order valence-electron chi connectivity index (χ3n) is 3.12. The minimum Gasteiger partial charge on any atom is -0.378 e. The number of nitrogens with one attached hydrogen (secondary N) is 1. The van der Waals surface area contributed by atoms with Gasteiger partial charge in [0.15, 0.2) is 0 Å². The Labute approximate surface area is 95.2 Å². The largest absolute Gasteiger partial charge is 0.378 e. The molecular formula is C14H15NO. The summed E-state index contributed by atoms with van der Waals surface area (Å²) in [6.07, 6.45) is 0. The van der Waals surface area contributed by atoms with Gasteiger partial charge in [0.05, 0.1) is 19.3 Å². The molecule has 0 saturated carbocycles. The van der Waals surface area contributed by atoms with Crippen LogP contribution in [0.5, 0.6) is 0 Å². The smallest absolute Gasteiger partial charge is 0.0662 e. The molecule has 1 aliphatic rings. The van der Waals surface area contributed by atoms with E-state index >= 15 is 0 Å². The predicted molar refractivity (Wildman–Crippen MR) is 65.5 cm³/mol. The third-order valence-corrected chi connectivity index (χ3v) is 3.12. The van der Waals surface area contributed by atoms with E-state index in [4.69, 9.17) is 4.74 Å². The van der Waals surface area contributed by atoms with Crippen LogP contribution in [0.1, 0.15) is 11.6 Å². The highest BCUT2D eigenvalue weighted by Crippen LogP contribution is 2.25. The van der Waals surface area contributed by atoms with E-state index in [1.807, 2.05) is 0 Å². The average molecular weight is 213 g/mol. The highest BCUT2D eigenvalue weighted by Gasteiger charge is 2.16. The summed E-state index contributed by atoms with van der Waals surface area (Å²) in [6, 6.07) is 15.3. The zero-order chi connectivity index (χ0) is 10.8. The van der Waals surface area contributed by atoms with Gasteiger partial charge in [-0.1, -0.05) is 42.5 Å². The maximum Gasteiger partial charge on any atom is 0.0662 e. The van der Waals surface area contributed by atoms with E-state index in [1.54, 1.807) is 0 Å². The Balaban J connectivity index is 2.08. The van der Waals surface area contributed by atoms with E-state index in [-0.39, 0.29) is 0 Å². The minimum atomic E-state index is 0.333. The van der Waals surface area contributed by atoms with Gasteiger partial charge in [-0.15, -0.1) is 0 Å². The van der Waals surface area contributed by atoms with Crippen molar-refractivity contribution in [3.05, 3.63) is 48.0 Å². The van der Waals surface area contributed by atoms with Crippen LogP contribution in [0.2, 0.25) is 0 Å². The summed E-state index contributed by atoms with van der Waals surface area (Å²) in [5.41, 5.74) is 1.35. The van der Waals surface area contributed by atoms with Crippen LogP contribution in [0.3, 0.4) is 0 Å². The summed E-state index contributed by atoms with van der Waals surface area (Å²) in [7, 11) is 0. The Bertz CT molecular complexity index is 484. The average Bonchev–Trinajstić information content (AvgIpc) is 2.39. The number of morpholine rings is 1. The molecule has 0 radical (unpaired) electrons. The first kappa shape index (κ1) is 9.82. The van der Waals surface area contributed by atoms with Crippen molar-refractivity contribution in [2.24, 2.45) is 0 Å². The molecule has 1 atom stereocenters. The van der Waals surface area contributed by atoms with Crippen molar-refractivity contribution in [1.82, 2.24) is 5.32 Å². The van der Waals surface area contributed by atoms with Gasteiger partial charge in [0, 0.05) is 6.54 Å². The molecule has 0 bridgehead atoms. The van der Waals surface area contributed by atoms with Gasteiger partial charge in [0.25, 0.3) is 0 Å². The van der Waals surface area contributed by atoms with Gasteiger partial charge < -0.3 is 10.1 Å². The summed E-state index contributed by atoms with van der Waals surface area (Å²) in [5.74, 6) is 0. The minimum absolute atomic E-state index is 0.333. The second-order valence-electron chi connectivity index (χ2n) is 4.15. The van der Waals surface area contributed by atoms with Gasteiger partial charge in [0.2, 0.25) is 0 Å². The van der Waals surface area contributed by atoms with Crippen LogP contribution in [0, 0.1) is 0 Å². The molecule has 1 N–H and O–H groups in total. The number of fused-ring (bicyclic) bond motifs is 1. The maximum atomic E-state index is 5.52. The highest BCUT2D eigenvalue weighted by molar-refractivity contribution is 5.86. The molecular weight excluding hydrogens is 198 g/mol. The molecule has 3 rings (SSSR count). The van der Waals surface area contributed by atoms with E-state index < -0.39 is 0 Å². The lowest BCUT2D eigenvalue weighted by molar-refractivity contribution is 0.0773. The summed E-state index contributed by atoms with van der Waals surface area (Å²) in [5, 5.41) is 6.13. The fourth-order valence-electron chi connectivity index (χ4n) is 2.32. The van der Waals surface area contributed by atoms with E-state index in [2.05, 4.69) is 47.8 Å². The van der Waals surface area contributed by atoms with Gasteiger partial charge in [-0.25, -0.2) is 0 Å². The van der Waals surface area contributed by atoms with Crippen molar-refractivity contribution in [2.45, 2.75) is 6.04 Å². The van der Waals surface area contributed by atoms with Crippen LogP contribution >= 0.6 is 0 Å². The zero-order valence-corrected chi connectivity index (χ0v) is 9.15. The monoisotopic (exact) mass is 213 g/mol. The van der Waals surface area contributed by atoms with Crippen molar-refractivity contribution >= 4 is 10.8 Å². The molecule has 2 nitrogen and oxygen atoms in total. The summed E-state index contributed by atoms with van der Waals surface area (Å²) in [4.78, 5) is 0. The molecule has 2 aromatic rings. The zero-order valence-electron chi connectivity index (χ0n) is 9.15. The number of hydrogen-bond acceptors (Lipinski definition) is 2. The maximum absolute atomic E-state index is 5.52. The Kier molecular flexibility index (Phi) is 2.60. The number of ether oxygens (including phenoxy) is 1. The summed E-state index contributed by atoms with van der Waals surface area (Å²) >= 11 is 0. The van der Waals surface area contributed by atoms with E-state index in [0.29, 0.717) is 6.04 Å². The molecule has 0 amide bonds. The van der Waals surface area contributed by atoms with E-state index in [9.17, 15) is 0 Å². The molecule has 1 aliphatic heterocycles. The molecule has 0 aliphatic carbocycles. The molecule has 1 heterocycles. The van der Waals surface area contributed by atoms with Crippen LogP contribution in [-0.4, -0.2) is 19.8 Å². The first-order valence-corrected chi connectivity index (χ1v) is 5.74. The molecule has 2 heteroatoms. The second-order valence-corrected chi connectivity index (χ2v) is 4.15. The quantitative estimate of drug-likeness (QED) is 0.786. The fourth-order valence-corrected chi connectivity index (χ4v) is 2.32. The van der Waals surface area contributed by atoms with Gasteiger partial charge in [-0.05, 0) is 16.3 Å². The van der Waals surface area contributed by atoms with Crippen molar-refractivity contribution in [3.63, 3.8) is 0 Å². The molecule has 1 saturated heterocycles. The standard InChI is InChI=1S/C14H15NO/c1-2-6-12-11(4-1)5-3-7-13(12)14-10-16-9-8-15-14/h1-7,14-15H,8-10H2/t14-/m0/s1. The van der Waals surface area contributed by atoms with Gasteiger partial charge in [0.1, 0.15) is 0 Å². The molecule has 0 aromatic heterocycles. The second kappa shape index (κ2) is 4.24. The summed E-state index contributed by atoms with van der Waals surface area (Å²) < 4.78 is 5.52. The van der Waals surface area contributed by atoms with Crippen LogP contribution in [0.25, 0.3) is 10.8 Å². The molecule has 2 aromatic carbocycles. The van der Waals surface area contributed by atoms with Crippen molar-refractivity contribution in [2.75, 3.05) is 19.8 Å². The number of hydrogen-bond donors (Lipinski definition) is 1. The normalized spacial score (nSPS) is 21.1. The van der Waals surface area contributed by atoms with Gasteiger partial charge in [-0.3, -0.25) is 0 Å². The topological polar surface area (TPSA) is 21.3 Å². The van der Waals surface area contributed by atoms with E-state index in [1.165, 1.54) is 16.3 Å². The molecule has 0 spiro atoms. The van der Waals surface area contributed by atoms with E-state index in [0.717, 1.165) is 19.8 Å². The first-order valence-electron chi connectivity index (χ1n) is 5.74. The fraction of sp³-hybridized carbons (Fsp3) is 0.286. The lowest BCUT2D eigenvalue weighted by atomic mass is 9.99. The Hall–Kier alpha value is -1.38. The Morgan fingerprint density at radius 1 is 1.06 bits per heavy atom. The molecule has 1 fully saturated rings. The molecule has 0 unspecified atom stereocenters. The van der Waals surface area contributed by atoms with Gasteiger partial charge >= 0.3 is 0 Å². The van der Waals surface area contributed by atoms with Gasteiger partial charge in [-0.2, -0.15) is 0 Å². The number of benzene rings is 2. The SMILES string of the molecule is c1ccc2c([C@@H]3COCCN3)cccc2c1. The first-order chi connectivity index (χ1) is 7.95. The number of rotatable bonds is 1. The predicted octanol–water partition coefficient (Wildman–Crippen LogP) is 2.50. The van der Waals surface area contributed by atoms with Crippen molar-refractivity contribution < 1.29 is 4.74 Å². The lowest BCUT2D eigenvalue weighted by Gasteiger charge is -2.25. The Morgan fingerprint density at radius 2 is 1.94 bits per heavy atom. The highest BCUT2D eigenvalue weighted by atomic mass is 16.5. The van der Waals surface area contributed by atoms with Crippen molar-refractivity contribution in [3.8, 4) is 0 Å². The van der Waals surface area contributed by atoms with Crippen molar-refractivity contribution in [1.29, 1.82) is 0 Å². The van der Waals surface area contributed by atoms with Crippen LogP contribution in [-0.2, 0) is 4.74 Å². The van der Waals surface area contributed by atoms with Crippen LogP contribution < -0.4 is 5.32 Å². The third kappa shape index (κ3) is 1.70. The Morgan fingerprint density at radius 3 is 2.81 bits per heavy atom. The van der Waals surface area contributed by atoms with Crippen LogP contribution in [0.15, 0.2) is 42.5 Å². The van der Waals surface area contributed by atoms with Crippen LogP contribution in [0.4, 0.5) is 0 Å². The molecule has 16 heavy (non-hydrogen) atoms. The lowest BCUT2D eigenvalue weighted by Crippen LogP contribution is -2.34. The summed E-state index contributed by atoms with van der Waals surface area (Å²) in [6.45, 7) is 2.53. The molecule has 82 valence electrons.